The first-order valence-corrected chi connectivity index (χ1v) is 13.0. The third kappa shape index (κ3) is 6.27. The Morgan fingerprint density at radius 2 is 1.75 bits per heavy atom. The molecule has 5 amide bonds. The summed E-state index contributed by atoms with van der Waals surface area (Å²) < 4.78 is 11.3. The van der Waals surface area contributed by atoms with Crippen molar-refractivity contribution in [3.8, 4) is 11.5 Å². The van der Waals surface area contributed by atoms with E-state index in [1.54, 1.807) is 68.4 Å². The van der Waals surface area contributed by atoms with Crippen LogP contribution in [-0.4, -0.2) is 37.0 Å². The van der Waals surface area contributed by atoms with Crippen molar-refractivity contribution in [2.75, 3.05) is 23.4 Å². The second kappa shape index (κ2) is 12.2. The minimum Gasteiger partial charge on any atom is -0.490 e. The second-order valence-electron chi connectivity index (χ2n) is 8.78. The van der Waals surface area contributed by atoms with Crippen LogP contribution in [0.25, 0.3) is 6.08 Å². The Morgan fingerprint density at radius 3 is 2.48 bits per heavy atom. The van der Waals surface area contributed by atoms with E-state index < -0.39 is 23.8 Å². The zero-order valence-electron chi connectivity index (χ0n) is 21.8. The highest BCUT2D eigenvalue weighted by Crippen LogP contribution is 2.32. The number of hydrogen-bond acceptors (Lipinski definition) is 6. The Bertz CT molecular complexity index is 1550. The first-order valence-electron chi connectivity index (χ1n) is 12.2. The fraction of sp³-hybridized carbons (Fsp3) is 0.172. The van der Waals surface area contributed by atoms with Crippen LogP contribution in [0.1, 0.15) is 23.6 Å². The Balaban J connectivity index is 1.54. The molecule has 0 aromatic heterocycles. The van der Waals surface area contributed by atoms with Crippen LogP contribution < -0.4 is 25.0 Å². The van der Waals surface area contributed by atoms with Crippen molar-refractivity contribution < 1.29 is 28.7 Å². The molecule has 1 heterocycles. The number of anilines is 2. The predicted molar refractivity (Wildman–Crippen MR) is 153 cm³/mol. The number of imide groups is 2. The number of carbonyl (C=O) groups is 4. The molecule has 1 fully saturated rings. The van der Waals surface area contributed by atoms with E-state index in [4.69, 9.17) is 32.7 Å². The van der Waals surface area contributed by atoms with Gasteiger partial charge in [-0.25, -0.2) is 9.69 Å². The normalized spacial score (nSPS) is 14.3. The highest BCUT2D eigenvalue weighted by molar-refractivity contribution is 6.40. The van der Waals surface area contributed by atoms with Crippen LogP contribution in [0.3, 0.4) is 0 Å². The highest BCUT2D eigenvalue weighted by Gasteiger charge is 2.37. The summed E-state index contributed by atoms with van der Waals surface area (Å²) in [6.45, 7) is 5.29. The SMILES string of the molecule is CCOc1cc(/C=C2/C(=O)NC(=O)N(c3cccc(Cl)c3C)C2=O)ccc1OCC(=O)Nc1ccc(C)c(Cl)c1. The summed E-state index contributed by atoms with van der Waals surface area (Å²) in [5.74, 6) is -1.46. The molecule has 0 aliphatic carbocycles. The van der Waals surface area contributed by atoms with Crippen LogP contribution in [-0.2, 0) is 14.4 Å². The molecule has 0 radical (unpaired) electrons. The molecular weight excluding hydrogens is 557 g/mol. The van der Waals surface area contributed by atoms with E-state index in [0.717, 1.165) is 10.5 Å². The molecule has 2 N–H and O–H groups in total. The van der Waals surface area contributed by atoms with Crippen molar-refractivity contribution in [1.82, 2.24) is 5.32 Å². The molecule has 0 atom stereocenters. The molecule has 0 spiro atoms. The molecule has 40 heavy (non-hydrogen) atoms. The lowest BCUT2D eigenvalue weighted by molar-refractivity contribution is -0.122. The summed E-state index contributed by atoms with van der Waals surface area (Å²) >= 11 is 12.3. The molecule has 3 aromatic rings. The molecule has 11 heteroatoms. The van der Waals surface area contributed by atoms with Gasteiger partial charge in [-0.1, -0.05) is 41.4 Å². The standard InChI is InChI=1S/C29H25Cl2N3O6/c1-4-39-25-13-18(9-11-24(25)40-15-26(35)32-19-10-8-16(2)22(31)14-19)12-20-27(36)33-29(38)34(28(20)37)23-7-5-6-21(30)17(23)3/h5-14H,4,15H2,1-3H3,(H,32,35)(H,33,36,38)/b20-12-. The number of urea groups is 1. The van der Waals surface area contributed by atoms with Crippen LogP contribution in [0.5, 0.6) is 11.5 Å². The van der Waals surface area contributed by atoms with Gasteiger partial charge in [-0.05, 0) is 79.9 Å². The van der Waals surface area contributed by atoms with E-state index >= 15 is 0 Å². The van der Waals surface area contributed by atoms with Gasteiger partial charge in [-0.15, -0.1) is 0 Å². The number of carbonyl (C=O) groups excluding carboxylic acids is 4. The monoisotopic (exact) mass is 581 g/mol. The molecule has 3 aromatic carbocycles. The molecule has 9 nitrogen and oxygen atoms in total. The molecule has 0 saturated carbocycles. The molecule has 4 rings (SSSR count). The topological polar surface area (TPSA) is 114 Å². The van der Waals surface area contributed by atoms with E-state index in [-0.39, 0.29) is 23.6 Å². The average Bonchev–Trinajstić information content (AvgIpc) is 2.90. The van der Waals surface area contributed by atoms with Gasteiger partial charge >= 0.3 is 6.03 Å². The summed E-state index contributed by atoms with van der Waals surface area (Å²) in [5.41, 5.74) is 2.37. The lowest BCUT2D eigenvalue weighted by Gasteiger charge is -2.27. The zero-order valence-corrected chi connectivity index (χ0v) is 23.4. The van der Waals surface area contributed by atoms with Crippen molar-refractivity contribution in [2.45, 2.75) is 20.8 Å². The zero-order chi connectivity index (χ0) is 29.0. The van der Waals surface area contributed by atoms with Crippen molar-refractivity contribution in [1.29, 1.82) is 0 Å². The van der Waals surface area contributed by atoms with Gasteiger partial charge < -0.3 is 14.8 Å². The predicted octanol–water partition coefficient (Wildman–Crippen LogP) is 5.69. The first kappa shape index (κ1) is 28.7. The van der Waals surface area contributed by atoms with Gasteiger partial charge in [0.15, 0.2) is 18.1 Å². The molecule has 1 aliphatic rings. The third-order valence-electron chi connectivity index (χ3n) is 5.97. The van der Waals surface area contributed by atoms with E-state index in [1.807, 2.05) is 6.92 Å². The van der Waals surface area contributed by atoms with Crippen LogP contribution in [0.2, 0.25) is 10.0 Å². The third-order valence-corrected chi connectivity index (χ3v) is 6.79. The van der Waals surface area contributed by atoms with Crippen LogP contribution in [0, 0.1) is 13.8 Å². The number of rotatable bonds is 8. The molecule has 1 saturated heterocycles. The van der Waals surface area contributed by atoms with Gasteiger partial charge in [0.05, 0.1) is 12.3 Å². The number of barbiturate groups is 1. The molecule has 1 aliphatic heterocycles. The van der Waals surface area contributed by atoms with Crippen molar-refractivity contribution in [2.24, 2.45) is 0 Å². The number of benzene rings is 3. The summed E-state index contributed by atoms with van der Waals surface area (Å²) in [5, 5.41) is 5.81. The second-order valence-corrected chi connectivity index (χ2v) is 9.60. The Morgan fingerprint density at radius 1 is 0.975 bits per heavy atom. The highest BCUT2D eigenvalue weighted by atomic mass is 35.5. The maximum Gasteiger partial charge on any atom is 0.335 e. The van der Waals surface area contributed by atoms with Gasteiger partial charge in [0, 0.05) is 15.7 Å². The number of ether oxygens (including phenoxy) is 2. The number of nitrogens with one attached hydrogen (secondary N) is 2. The van der Waals surface area contributed by atoms with Crippen LogP contribution >= 0.6 is 23.2 Å². The van der Waals surface area contributed by atoms with E-state index in [2.05, 4.69) is 10.6 Å². The van der Waals surface area contributed by atoms with Gasteiger partial charge in [0.2, 0.25) is 0 Å². The molecule has 0 unspecified atom stereocenters. The quantitative estimate of drug-likeness (QED) is 0.261. The lowest BCUT2D eigenvalue weighted by atomic mass is 10.1. The molecule has 0 bridgehead atoms. The fourth-order valence-corrected chi connectivity index (χ4v) is 4.24. The maximum atomic E-state index is 13.3. The average molecular weight is 582 g/mol. The number of nitrogens with zero attached hydrogens (tertiary/aromatic N) is 1. The Labute approximate surface area is 240 Å². The minimum absolute atomic E-state index is 0.258. The van der Waals surface area contributed by atoms with Crippen LogP contribution in [0.4, 0.5) is 16.2 Å². The Kier molecular flexibility index (Phi) is 8.77. The Hall–Kier alpha value is -4.34. The first-order chi connectivity index (χ1) is 19.1. The number of aryl methyl sites for hydroxylation is 1. The van der Waals surface area contributed by atoms with Gasteiger partial charge in [-0.3, -0.25) is 19.7 Å². The van der Waals surface area contributed by atoms with E-state index in [9.17, 15) is 19.2 Å². The van der Waals surface area contributed by atoms with E-state index in [0.29, 0.717) is 39.2 Å². The van der Waals surface area contributed by atoms with E-state index in [1.165, 1.54) is 6.08 Å². The summed E-state index contributed by atoms with van der Waals surface area (Å²) in [7, 11) is 0. The number of amides is 5. The van der Waals surface area contributed by atoms with Gasteiger partial charge in [0.25, 0.3) is 17.7 Å². The number of halogens is 2. The molecular formula is C29H25Cl2N3O6. The summed E-state index contributed by atoms with van der Waals surface area (Å²) in [4.78, 5) is 51.7. The van der Waals surface area contributed by atoms with Gasteiger partial charge in [-0.2, -0.15) is 0 Å². The summed E-state index contributed by atoms with van der Waals surface area (Å²) in [6, 6.07) is 13.8. The lowest BCUT2D eigenvalue weighted by Crippen LogP contribution is -2.54. The smallest absolute Gasteiger partial charge is 0.335 e. The van der Waals surface area contributed by atoms with Crippen LogP contribution in [0.15, 0.2) is 60.2 Å². The number of hydrogen-bond donors (Lipinski definition) is 2. The minimum atomic E-state index is -0.873. The largest absolute Gasteiger partial charge is 0.490 e. The van der Waals surface area contributed by atoms with Crippen molar-refractivity contribution in [3.05, 3.63) is 86.9 Å². The summed E-state index contributed by atoms with van der Waals surface area (Å²) in [6.07, 6.45) is 1.34. The van der Waals surface area contributed by atoms with Crippen molar-refractivity contribution in [3.63, 3.8) is 0 Å². The molecule has 206 valence electrons. The fourth-order valence-electron chi connectivity index (χ4n) is 3.89. The van der Waals surface area contributed by atoms with Gasteiger partial charge in [0.1, 0.15) is 5.57 Å². The van der Waals surface area contributed by atoms with Crippen molar-refractivity contribution >= 4 is 64.4 Å². The maximum absolute atomic E-state index is 13.3.